The minimum absolute atomic E-state index is 0.0235. The molecule has 3 N–H and O–H groups in total. The summed E-state index contributed by atoms with van der Waals surface area (Å²) >= 11 is 6.34. The van der Waals surface area contributed by atoms with E-state index in [9.17, 15) is 24.3 Å². The number of anilines is 1. The second kappa shape index (κ2) is 9.28. The molecule has 1 fully saturated rings. The number of nitrogens with one attached hydrogen (secondary N) is 2. The largest absolute Gasteiger partial charge is 0.480 e. The lowest BCUT2D eigenvalue weighted by atomic mass is 9.89. The molecule has 0 bridgehead atoms. The predicted octanol–water partition coefficient (Wildman–Crippen LogP) is 4.51. The highest BCUT2D eigenvalue weighted by atomic mass is 35.5. The Labute approximate surface area is 228 Å². The number of rotatable bonds is 5. The molecule has 0 radical (unpaired) electrons. The third kappa shape index (κ3) is 3.93. The summed E-state index contributed by atoms with van der Waals surface area (Å²) in [5, 5.41) is 13.1. The van der Waals surface area contributed by atoms with Gasteiger partial charge in [-0.1, -0.05) is 54.1 Å². The van der Waals surface area contributed by atoms with Crippen LogP contribution in [-0.4, -0.2) is 50.9 Å². The Morgan fingerprint density at radius 3 is 2.56 bits per heavy atom. The molecule has 0 aliphatic carbocycles. The molecular formula is C29H23ClN4O5. The Hall–Kier alpha value is -4.63. The van der Waals surface area contributed by atoms with Gasteiger partial charge in [-0.2, -0.15) is 0 Å². The molecule has 6 rings (SSSR count). The van der Waals surface area contributed by atoms with Gasteiger partial charge >= 0.3 is 12.0 Å². The molecule has 3 heterocycles. The SMILES string of the molecule is C[C@H](NC(=O)c1ccccc1N1C(=O)[C@@H]2Cc3c([nH]c4ccccc34)[C@@H](c3cccc(Cl)c3)N2C1=O)C(=O)O. The van der Waals surface area contributed by atoms with Gasteiger partial charge in [-0.25, -0.2) is 9.69 Å². The molecule has 1 saturated heterocycles. The normalized spacial score (nSPS) is 19.1. The fourth-order valence-electron chi connectivity index (χ4n) is 5.52. The van der Waals surface area contributed by atoms with Crippen LogP contribution in [-0.2, 0) is 16.0 Å². The second-order valence-corrected chi connectivity index (χ2v) is 10.1. The number of aromatic amines is 1. The van der Waals surface area contributed by atoms with Crippen LogP contribution in [0.5, 0.6) is 0 Å². The predicted molar refractivity (Wildman–Crippen MR) is 145 cm³/mol. The van der Waals surface area contributed by atoms with Crippen molar-refractivity contribution in [2.45, 2.75) is 31.5 Å². The van der Waals surface area contributed by atoms with Crippen molar-refractivity contribution < 1.29 is 24.3 Å². The zero-order chi connectivity index (χ0) is 27.4. The second-order valence-electron chi connectivity index (χ2n) is 9.65. The number of hydrogen-bond acceptors (Lipinski definition) is 4. The zero-order valence-corrected chi connectivity index (χ0v) is 21.5. The molecule has 3 atom stereocenters. The molecule has 39 heavy (non-hydrogen) atoms. The van der Waals surface area contributed by atoms with E-state index in [2.05, 4.69) is 10.3 Å². The zero-order valence-electron chi connectivity index (χ0n) is 20.7. The van der Waals surface area contributed by atoms with Crippen molar-refractivity contribution in [1.29, 1.82) is 0 Å². The first-order valence-corrected chi connectivity index (χ1v) is 12.8. The van der Waals surface area contributed by atoms with E-state index in [1.807, 2.05) is 30.3 Å². The fourth-order valence-corrected chi connectivity index (χ4v) is 5.71. The molecule has 2 aliphatic heterocycles. The van der Waals surface area contributed by atoms with Gasteiger partial charge in [0, 0.05) is 28.0 Å². The number of benzene rings is 3. The lowest BCUT2D eigenvalue weighted by Gasteiger charge is -2.36. The lowest BCUT2D eigenvalue weighted by Crippen LogP contribution is -2.44. The maximum Gasteiger partial charge on any atom is 0.332 e. The third-order valence-electron chi connectivity index (χ3n) is 7.32. The summed E-state index contributed by atoms with van der Waals surface area (Å²) in [5.41, 5.74) is 3.51. The number of para-hydroxylation sites is 2. The topological polar surface area (TPSA) is 123 Å². The van der Waals surface area contributed by atoms with Gasteiger partial charge in [-0.3, -0.25) is 19.3 Å². The van der Waals surface area contributed by atoms with Crippen molar-refractivity contribution in [3.8, 4) is 0 Å². The maximum atomic E-state index is 14.1. The summed E-state index contributed by atoms with van der Waals surface area (Å²) < 4.78 is 0. The summed E-state index contributed by atoms with van der Waals surface area (Å²) in [5.74, 6) is -2.37. The van der Waals surface area contributed by atoms with Gasteiger partial charge in [-0.15, -0.1) is 0 Å². The van der Waals surface area contributed by atoms with Gasteiger partial charge in [0.15, 0.2) is 0 Å². The number of amides is 4. The van der Waals surface area contributed by atoms with E-state index < -0.39 is 41.9 Å². The van der Waals surface area contributed by atoms with Gasteiger partial charge in [0.1, 0.15) is 18.1 Å². The average molecular weight is 543 g/mol. The number of carbonyl (C=O) groups excluding carboxylic acids is 3. The van der Waals surface area contributed by atoms with Crippen LogP contribution in [0.2, 0.25) is 5.02 Å². The molecular weight excluding hydrogens is 520 g/mol. The van der Waals surface area contributed by atoms with Gasteiger partial charge in [-0.05, 0) is 48.4 Å². The van der Waals surface area contributed by atoms with Crippen LogP contribution >= 0.6 is 11.6 Å². The van der Waals surface area contributed by atoms with Crippen LogP contribution in [0.3, 0.4) is 0 Å². The highest BCUT2D eigenvalue weighted by Gasteiger charge is 2.53. The molecule has 10 heteroatoms. The highest BCUT2D eigenvalue weighted by Crippen LogP contribution is 2.45. The number of aromatic nitrogens is 1. The van der Waals surface area contributed by atoms with Crippen LogP contribution < -0.4 is 10.2 Å². The van der Waals surface area contributed by atoms with E-state index >= 15 is 0 Å². The number of urea groups is 1. The van der Waals surface area contributed by atoms with Gasteiger partial charge in [0.05, 0.1) is 11.3 Å². The van der Waals surface area contributed by atoms with E-state index in [4.69, 9.17) is 11.6 Å². The number of carboxylic acid groups (broad SMARTS) is 1. The molecule has 2 aliphatic rings. The van der Waals surface area contributed by atoms with E-state index in [1.54, 1.807) is 35.2 Å². The van der Waals surface area contributed by atoms with Gasteiger partial charge in [0.25, 0.3) is 11.8 Å². The minimum Gasteiger partial charge on any atom is -0.480 e. The van der Waals surface area contributed by atoms with Crippen molar-refractivity contribution >= 4 is 52.0 Å². The molecule has 0 saturated carbocycles. The van der Waals surface area contributed by atoms with Crippen LogP contribution in [0.15, 0.2) is 72.8 Å². The Bertz CT molecular complexity index is 1680. The first kappa shape index (κ1) is 24.7. The lowest BCUT2D eigenvalue weighted by molar-refractivity contribution is -0.138. The summed E-state index contributed by atoms with van der Waals surface area (Å²) in [7, 11) is 0. The van der Waals surface area contributed by atoms with Crippen LogP contribution in [0.1, 0.15) is 40.1 Å². The smallest absolute Gasteiger partial charge is 0.332 e. The first-order chi connectivity index (χ1) is 18.8. The number of carbonyl (C=O) groups is 4. The van der Waals surface area contributed by atoms with E-state index in [0.29, 0.717) is 11.4 Å². The first-order valence-electron chi connectivity index (χ1n) is 12.4. The number of fused-ring (bicyclic) bond motifs is 4. The molecule has 0 unspecified atom stereocenters. The Kier molecular flexibility index (Phi) is 5.88. The molecule has 4 aromatic rings. The molecule has 196 valence electrons. The summed E-state index contributed by atoms with van der Waals surface area (Å²) in [6.07, 6.45) is 0.294. The standard InChI is InChI=1S/C29H23ClN4O5/c1-15(28(37)38)31-26(35)19-10-3-5-12-22(19)34-27(36)23-14-20-18-9-2-4-11-21(18)32-24(20)25(33(23)29(34)39)16-7-6-8-17(30)13-16/h2-13,15,23,25,32H,14H2,1H3,(H,31,35)(H,37,38)/t15-,23-,25+/m0/s1. The molecule has 4 amide bonds. The van der Waals surface area contributed by atoms with Gasteiger partial charge < -0.3 is 15.4 Å². The number of H-pyrrole nitrogens is 1. The Morgan fingerprint density at radius 1 is 1.05 bits per heavy atom. The summed E-state index contributed by atoms with van der Waals surface area (Å²) in [4.78, 5) is 58.4. The number of halogens is 1. The van der Waals surface area contributed by atoms with Crippen molar-refractivity contribution in [1.82, 2.24) is 15.2 Å². The average Bonchev–Trinajstić information content (AvgIpc) is 3.41. The van der Waals surface area contributed by atoms with E-state index in [0.717, 1.165) is 32.6 Å². The fraction of sp³-hybridized carbons (Fsp3) is 0.172. The quantitative estimate of drug-likeness (QED) is 0.320. The summed E-state index contributed by atoms with van der Waals surface area (Å²) in [6, 6.07) is 18.0. The van der Waals surface area contributed by atoms with Crippen LogP contribution in [0.25, 0.3) is 10.9 Å². The number of hydrogen-bond donors (Lipinski definition) is 3. The van der Waals surface area contributed by atoms with Crippen molar-refractivity contribution in [3.05, 3.63) is 100 Å². The van der Waals surface area contributed by atoms with Crippen molar-refractivity contribution in [3.63, 3.8) is 0 Å². The number of nitrogens with zero attached hydrogens (tertiary/aromatic N) is 2. The molecule has 1 aromatic heterocycles. The monoisotopic (exact) mass is 542 g/mol. The number of aliphatic carboxylic acids is 1. The van der Waals surface area contributed by atoms with Crippen LogP contribution in [0.4, 0.5) is 10.5 Å². The Balaban J connectivity index is 1.47. The summed E-state index contributed by atoms with van der Waals surface area (Å²) in [6.45, 7) is 1.34. The van der Waals surface area contributed by atoms with E-state index in [-0.39, 0.29) is 11.3 Å². The minimum atomic E-state index is -1.20. The van der Waals surface area contributed by atoms with Crippen LogP contribution in [0, 0.1) is 0 Å². The maximum absolute atomic E-state index is 14.1. The van der Waals surface area contributed by atoms with Gasteiger partial charge in [0.2, 0.25) is 0 Å². The molecule has 0 spiro atoms. The number of imide groups is 1. The van der Waals surface area contributed by atoms with Crippen molar-refractivity contribution in [2.75, 3.05) is 4.90 Å². The highest BCUT2D eigenvalue weighted by molar-refractivity contribution is 6.30. The molecule has 3 aromatic carbocycles. The Morgan fingerprint density at radius 2 is 1.79 bits per heavy atom. The molecule has 9 nitrogen and oxygen atoms in total. The third-order valence-corrected chi connectivity index (χ3v) is 7.56. The van der Waals surface area contributed by atoms with E-state index in [1.165, 1.54) is 19.1 Å². The van der Waals surface area contributed by atoms with Crippen molar-refractivity contribution in [2.24, 2.45) is 0 Å². The number of carboxylic acids is 1.